The summed E-state index contributed by atoms with van der Waals surface area (Å²) in [4.78, 5) is 23.2. The molecule has 2 aromatic rings. The molecule has 2 amide bonds. The number of nitrogens with two attached hydrogens (primary N) is 1. The molecule has 0 aliphatic carbocycles. The van der Waals surface area contributed by atoms with E-state index in [0.717, 1.165) is 0 Å². The summed E-state index contributed by atoms with van der Waals surface area (Å²) in [6.07, 6.45) is 2.86. The van der Waals surface area contributed by atoms with Crippen molar-refractivity contribution in [1.82, 2.24) is 10.2 Å². The second-order valence-corrected chi connectivity index (χ2v) is 4.21. The van der Waals surface area contributed by atoms with Gasteiger partial charge in [-0.3, -0.25) is 14.7 Å². The fourth-order valence-corrected chi connectivity index (χ4v) is 1.82. The Morgan fingerprint density at radius 3 is 3.05 bits per heavy atom. The lowest BCUT2D eigenvalue weighted by Gasteiger charge is -2.20. The molecule has 1 aromatic heterocycles. The van der Waals surface area contributed by atoms with Gasteiger partial charge in [-0.05, 0) is 6.07 Å². The van der Waals surface area contributed by atoms with Crippen LogP contribution in [0.15, 0.2) is 24.5 Å². The van der Waals surface area contributed by atoms with Crippen molar-refractivity contribution < 1.29 is 14.3 Å². The minimum absolute atomic E-state index is 0.0484. The quantitative estimate of drug-likeness (QED) is 0.596. The second-order valence-electron chi connectivity index (χ2n) is 4.21. The average molecular weight is 273 g/mol. The molecule has 8 nitrogen and oxygen atoms in total. The summed E-state index contributed by atoms with van der Waals surface area (Å²) < 4.78 is 5.23. The minimum Gasteiger partial charge on any atom is -0.482 e. The molecule has 0 radical (unpaired) electrons. The Hall–Kier alpha value is -3.03. The topological polar surface area (TPSA) is 122 Å². The molecule has 0 bridgehead atoms. The summed E-state index contributed by atoms with van der Waals surface area (Å²) in [6.45, 7) is -0.0484. The Morgan fingerprint density at radius 2 is 2.30 bits per heavy atom. The summed E-state index contributed by atoms with van der Waals surface area (Å²) in [5, 5.41) is 11.5. The zero-order valence-electron chi connectivity index (χ0n) is 10.3. The number of hydrogen-bond donors (Lipinski definition) is 4. The molecule has 8 heteroatoms. The van der Waals surface area contributed by atoms with E-state index in [2.05, 4.69) is 20.8 Å². The zero-order chi connectivity index (χ0) is 14.1. The Balaban J connectivity index is 1.88. The molecule has 1 aliphatic rings. The van der Waals surface area contributed by atoms with E-state index < -0.39 is 0 Å². The minimum atomic E-state index is -0.353. The lowest BCUT2D eigenvalue weighted by atomic mass is 10.2. The van der Waals surface area contributed by atoms with Gasteiger partial charge in [-0.25, -0.2) is 0 Å². The van der Waals surface area contributed by atoms with Crippen molar-refractivity contribution in [2.75, 3.05) is 23.0 Å². The highest BCUT2D eigenvalue weighted by atomic mass is 16.5. The van der Waals surface area contributed by atoms with E-state index in [4.69, 9.17) is 10.5 Å². The fourth-order valence-electron chi connectivity index (χ4n) is 1.82. The standard InChI is InChI=1S/C12H11N5O3/c13-7-1-10-9(16-11(18)5-20-10)2-8(7)17-12(19)6-3-14-15-4-6/h1-4H,5,13H2,(H,14,15)(H,16,18)(H,17,19). The molecule has 3 rings (SSSR count). The number of benzene rings is 1. The lowest BCUT2D eigenvalue weighted by molar-refractivity contribution is -0.118. The summed E-state index contributed by atoms with van der Waals surface area (Å²) in [5.41, 5.74) is 7.43. The van der Waals surface area contributed by atoms with E-state index in [1.807, 2.05) is 0 Å². The summed E-state index contributed by atoms with van der Waals surface area (Å²) in [5.74, 6) is -0.133. The third-order valence-corrected chi connectivity index (χ3v) is 2.79. The average Bonchev–Trinajstić information content (AvgIpc) is 2.94. The van der Waals surface area contributed by atoms with Gasteiger partial charge in [0.15, 0.2) is 6.61 Å². The molecule has 1 aliphatic heterocycles. The van der Waals surface area contributed by atoms with Gasteiger partial charge < -0.3 is 21.1 Å². The normalized spacial score (nSPS) is 13.1. The van der Waals surface area contributed by atoms with Crippen LogP contribution in [0, 0.1) is 0 Å². The van der Waals surface area contributed by atoms with Crippen LogP contribution in [-0.4, -0.2) is 28.6 Å². The van der Waals surface area contributed by atoms with Gasteiger partial charge in [0, 0.05) is 12.3 Å². The zero-order valence-corrected chi connectivity index (χ0v) is 10.3. The number of H-pyrrole nitrogens is 1. The van der Waals surface area contributed by atoms with E-state index in [1.165, 1.54) is 12.4 Å². The van der Waals surface area contributed by atoms with Crippen LogP contribution in [0.2, 0.25) is 0 Å². The van der Waals surface area contributed by atoms with Gasteiger partial charge in [0.1, 0.15) is 5.75 Å². The molecule has 20 heavy (non-hydrogen) atoms. The molecular formula is C12H11N5O3. The first-order valence-corrected chi connectivity index (χ1v) is 5.80. The number of nitrogens with zero attached hydrogens (tertiary/aromatic N) is 1. The van der Waals surface area contributed by atoms with E-state index in [9.17, 15) is 9.59 Å². The number of carbonyl (C=O) groups excluding carboxylic acids is 2. The van der Waals surface area contributed by atoms with E-state index in [1.54, 1.807) is 12.1 Å². The number of amides is 2. The van der Waals surface area contributed by atoms with E-state index >= 15 is 0 Å². The number of rotatable bonds is 2. The number of nitrogens with one attached hydrogen (secondary N) is 3. The van der Waals surface area contributed by atoms with Crippen LogP contribution < -0.4 is 21.1 Å². The molecule has 1 aromatic carbocycles. The Kier molecular flexibility index (Phi) is 2.75. The maximum Gasteiger partial charge on any atom is 0.262 e. The third-order valence-electron chi connectivity index (χ3n) is 2.79. The molecule has 2 heterocycles. The number of ether oxygens (including phenoxy) is 1. The molecule has 0 atom stereocenters. The van der Waals surface area contributed by atoms with Crippen molar-refractivity contribution in [3.05, 3.63) is 30.1 Å². The van der Waals surface area contributed by atoms with Gasteiger partial charge in [0.05, 0.1) is 28.8 Å². The molecule has 0 spiro atoms. The Morgan fingerprint density at radius 1 is 1.45 bits per heavy atom. The van der Waals surface area contributed by atoms with Gasteiger partial charge >= 0.3 is 0 Å². The summed E-state index contributed by atoms with van der Waals surface area (Å²) >= 11 is 0. The van der Waals surface area contributed by atoms with E-state index in [0.29, 0.717) is 28.4 Å². The van der Waals surface area contributed by atoms with Crippen LogP contribution in [0.4, 0.5) is 17.1 Å². The van der Waals surface area contributed by atoms with Gasteiger partial charge in [0.25, 0.3) is 11.8 Å². The van der Waals surface area contributed by atoms with Crippen LogP contribution in [0.3, 0.4) is 0 Å². The fraction of sp³-hybridized carbons (Fsp3) is 0.0833. The largest absolute Gasteiger partial charge is 0.482 e. The highest BCUT2D eigenvalue weighted by Crippen LogP contribution is 2.35. The Labute approximate surface area is 113 Å². The number of anilines is 3. The first-order valence-electron chi connectivity index (χ1n) is 5.80. The van der Waals surface area contributed by atoms with Crippen LogP contribution >= 0.6 is 0 Å². The maximum absolute atomic E-state index is 11.9. The van der Waals surface area contributed by atoms with Gasteiger partial charge in [0.2, 0.25) is 0 Å². The number of hydrogen-bond acceptors (Lipinski definition) is 5. The van der Waals surface area contributed by atoms with E-state index in [-0.39, 0.29) is 18.4 Å². The molecular weight excluding hydrogens is 262 g/mol. The molecule has 0 unspecified atom stereocenters. The number of aromatic nitrogens is 2. The number of fused-ring (bicyclic) bond motifs is 1. The van der Waals surface area contributed by atoms with Crippen molar-refractivity contribution in [1.29, 1.82) is 0 Å². The summed E-state index contributed by atoms with van der Waals surface area (Å²) in [7, 11) is 0. The first kappa shape index (κ1) is 12.0. The number of nitrogen functional groups attached to an aromatic ring is 1. The predicted octanol–water partition coefficient (Wildman–Crippen LogP) is 0.575. The predicted molar refractivity (Wildman–Crippen MR) is 71.5 cm³/mol. The molecule has 0 fully saturated rings. The van der Waals surface area contributed by atoms with Gasteiger partial charge in [-0.15, -0.1) is 0 Å². The monoisotopic (exact) mass is 273 g/mol. The molecule has 0 saturated carbocycles. The number of carbonyl (C=O) groups is 2. The van der Waals surface area contributed by atoms with Crippen molar-refractivity contribution in [2.45, 2.75) is 0 Å². The smallest absolute Gasteiger partial charge is 0.262 e. The lowest BCUT2D eigenvalue weighted by Crippen LogP contribution is -2.25. The first-order chi connectivity index (χ1) is 9.63. The Bertz CT molecular complexity index is 681. The van der Waals surface area contributed by atoms with Crippen molar-refractivity contribution in [3.8, 4) is 5.75 Å². The molecule has 5 N–H and O–H groups in total. The van der Waals surface area contributed by atoms with Crippen LogP contribution in [0.5, 0.6) is 5.75 Å². The SMILES string of the molecule is Nc1cc2c(cc1NC(=O)c1cn[nH]c1)NC(=O)CO2. The summed E-state index contributed by atoms with van der Waals surface area (Å²) in [6, 6.07) is 3.11. The second kappa shape index (κ2) is 4.57. The van der Waals surface area contributed by atoms with Crippen molar-refractivity contribution in [2.24, 2.45) is 0 Å². The van der Waals surface area contributed by atoms with Gasteiger partial charge in [-0.2, -0.15) is 5.10 Å². The highest BCUT2D eigenvalue weighted by molar-refractivity contribution is 6.06. The number of aromatic amines is 1. The van der Waals surface area contributed by atoms with Crippen LogP contribution in [0.1, 0.15) is 10.4 Å². The van der Waals surface area contributed by atoms with Crippen molar-refractivity contribution in [3.63, 3.8) is 0 Å². The maximum atomic E-state index is 11.9. The highest BCUT2D eigenvalue weighted by Gasteiger charge is 2.19. The van der Waals surface area contributed by atoms with Crippen LogP contribution in [-0.2, 0) is 4.79 Å². The third kappa shape index (κ3) is 2.14. The van der Waals surface area contributed by atoms with Crippen LogP contribution in [0.25, 0.3) is 0 Å². The molecule has 102 valence electrons. The van der Waals surface area contributed by atoms with Gasteiger partial charge in [-0.1, -0.05) is 0 Å². The molecule has 0 saturated heterocycles. The van der Waals surface area contributed by atoms with Crippen molar-refractivity contribution >= 4 is 28.9 Å².